The molecule has 186 valence electrons. The molecule has 2 aliphatic heterocycles. The minimum absolute atomic E-state index is 0.00522. The average Bonchev–Trinajstić information content (AvgIpc) is 2.87. The molecule has 0 bridgehead atoms. The summed E-state index contributed by atoms with van der Waals surface area (Å²) >= 11 is 12.5. The second kappa shape index (κ2) is 11.0. The van der Waals surface area contributed by atoms with E-state index >= 15 is 0 Å². The number of amides is 1. The van der Waals surface area contributed by atoms with E-state index in [1.807, 2.05) is 47.4 Å². The Morgan fingerprint density at radius 2 is 1.61 bits per heavy atom. The maximum Gasteiger partial charge on any atom is 0.254 e. The molecule has 2 heterocycles. The van der Waals surface area contributed by atoms with E-state index in [9.17, 15) is 4.79 Å². The molecule has 0 radical (unpaired) electrons. The van der Waals surface area contributed by atoms with E-state index in [0.717, 1.165) is 50.5 Å². The predicted octanol–water partition coefficient (Wildman–Crippen LogP) is 5.69. The normalized spacial score (nSPS) is 16.5. The van der Waals surface area contributed by atoms with E-state index in [1.165, 1.54) is 5.56 Å². The van der Waals surface area contributed by atoms with Gasteiger partial charge < -0.3 is 14.5 Å². The minimum atomic E-state index is 0.00522. The van der Waals surface area contributed by atoms with E-state index in [2.05, 4.69) is 28.5 Å². The quantitative estimate of drug-likeness (QED) is 0.400. The summed E-state index contributed by atoms with van der Waals surface area (Å²) in [4.78, 5) is 19.7. The topological polar surface area (TPSA) is 36.0 Å². The highest BCUT2D eigenvalue weighted by Crippen LogP contribution is 2.29. The predicted molar refractivity (Wildman–Crippen MR) is 146 cm³/mol. The second-order valence-electron chi connectivity index (χ2n) is 9.26. The molecule has 0 aromatic heterocycles. The lowest BCUT2D eigenvalue weighted by Gasteiger charge is -2.48. The Labute approximate surface area is 222 Å². The summed E-state index contributed by atoms with van der Waals surface area (Å²) in [6, 6.07) is 23.5. The number of nitrogens with zero attached hydrogens (tertiary/aromatic N) is 3. The molecule has 2 saturated heterocycles. The van der Waals surface area contributed by atoms with Crippen molar-refractivity contribution in [3.05, 3.63) is 106 Å². The summed E-state index contributed by atoms with van der Waals surface area (Å²) in [6.07, 6.45) is 0. The van der Waals surface area contributed by atoms with E-state index in [0.29, 0.717) is 34.0 Å². The molecule has 0 atom stereocenters. The summed E-state index contributed by atoms with van der Waals surface area (Å²) in [5.74, 6) is 0.551. The van der Waals surface area contributed by atoms with E-state index in [-0.39, 0.29) is 5.91 Å². The van der Waals surface area contributed by atoms with Crippen LogP contribution in [0.1, 0.15) is 21.5 Å². The molecule has 0 spiro atoms. The van der Waals surface area contributed by atoms with Gasteiger partial charge in [0.05, 0.1) is 5.02 Å². The molecule has 0 saturated carbocycles. The van der Waals surface area contributed by atoms with Gasteiger partial charge in [0.15, 0.2) is 0 Å². The third kappa shape index (κ3) is 5.54. The van der Waals surface area contributed by atoms with Crippen LogP contribution < -0.4 is 4.74 Å². The smallest absolute Gasteiger partial charge is 0.254 e. The number of piperazine rings is 1. The van der Waals surface area contributed by atoms with Crippen molar-refractivity contribution in [1.29, 1.82) is 0 Å². The first kappa shape index (κ1) is 24.7. The van der Waals surface area contributed by atoms with Crippen molar-refractivity contribution in [2.75, 3.05) is 39.3 Å². The number of carbonyl (C=O) groups excluding carboxylic acids is 1. The molecule has 2 fully saturated rings. The molecule has 5 nitrogen and oxygen atoms in total. The molecule has 0 unspecified atom stereocenters. The number of likely N-dealkylation sites (tertiary alicyclic amines) is 1. The van der Waals surface area contributed by atoms with Gasteiger partial charge in [-0.2, -0.15) is 0 Å². The van der Waals surface area contributed by atoms with E-state index in [1.54, 1.807) is 18.2 Å². The first-order valence-electron chi connectivity index (χ1n) is 12.2. The highest BCUT2D eigenvalue weighted by Gasteiger charge is 2.36. The van der Waals surface area contributed by atoms with Crippen LogP contribution in [0.5, 0.6) is 5.75 Å². The first-order valence-corrected chi connectivity index (χ1v) is 12.9. The summed E-state index contributed by atoms with van der Waals surface area (Å²) in [5, 5.41) is 1.09. The van der Waals surface area contributed by atoms with Crippen LogP contribution in [0.2, 0.25) is 10.0 Å². The fourth-order valence-corrected chi connectivity index (χ4v) is 5.19. The molecule has 1 amide bonds. The lowest BCUT2D eigenvalue weighted by atomic mass is 10.0. The monoisotopic (exact) mass is 521 g/mol. The third-order valence-corrected chi connectivity index (χ3v) is 7.46. The van der Waals surface area contributed by atoms with Gasteiger partial charge in [-0.05, 0) is 41.5 Å². The average molecular weight is 522 g/mol. The zero-order valence-electron chi connectivity index (χ0n) is 20.1. The van der Waals surface area contributed by atoms with Gasteiger partial charge in [-0.25, -0.2) is 0 Å². The van der Waals surface area contributed by atoms with Gasteiger partial charge in [0.1, 0.15) is 12.4 Å². The van der Waals surface area contributed by atoms with Gasteiger partial charge in [0.2, 0.25) is 0 Å². The standard InChI is InChI=1S/C29H29Cl2N3O2/c1-21(23-7-3-2-4-8-23)32-12-14-33(15-13-32)26-18-34(19-26)29(35)24-10-11-28(27(31)17-24)36-20-22-6-5-9-25(30)16-22/h2-11,16-17,26H,1,12-15,18-20H2. The highest BCUT2D eigenvalue weighted by atomic mass is 35.5. The lowest BCUT2D eigenvalue weighted by Crippen LogP contribution is -2.64. The largest absolute Gasteiger partial charge is 0.487 e. The lowest BCUT2D eigenvalue weighted by molar-refractivity contribution is 0.0144. The Balaban J connectivity index is 1.10. The summed E-state index contributed by atoms with van der Waals surface area (Å²) in [7, 11) is 0. The summed E-state index contributed by atoms with van der Waals surface area (Å²) in [6.45, 7) is 9.98. The number of hydrogen-bond acceptors (Lipinski definition) is 4. The number of carbonyl (C=O) groups is 1. The van der Waals surface area contributed by atoms with Gasteiger partial charge in [-0.3, -0.25) is 9.69 Å². The molecule has 3 aromatic carbocycles. The number of benzene rings is 3. The van der Waals surface area contributed by atoms with Crippen molar-refractivity contribution >= 4 is 34.8 Å². The Bertz CT molecular complexity index is 1240. The Hall–Kier alpha value is -2.99. The fraction of sp³-hybridized carbons (Fsp3) is 0.276. The number of hydrogen-bond donors (Lipinski definition) is 0. The fourth-order valence-electron chi connectivity index (χ4n) is 4.74. The van der Waals surface area contributed by atoms with Gasteiger partial charge >= 0.3 is 0 Å². The molecule has 5 rings (SSSR count). The van der Waals surface area contributed by atoms with Gasteiger partial charge in [-0.1, -0.05) is 72.2 Å². The number of halogens is 2. The maximum atomic E-state index is 13.0. The summed E-state index contributed by atoms with van der Waals surface area (Å²) in [5.41, 5.74) is 3.79. The number of ether oxygens (including phenoxy) is 1. The van der Waals surface area contributed by atoms with Crippen molar-refractivity contribution in [3.8, 4) is 5.75 Å². The van der Waals surface area contributed by atoms with Crippen LogP contribution in [0.3, 0.4) is 0 Å². The Kier molecular flexibility index (Phi) is 7.51. The molecular formula is C29H29Cl2N3O2. The van der Waals surface area contributed by atoms with Crippen molar-refractivity contribution in [1.82, 2.24) is 14.7 Å². The van der Waals surface area contributed by atoms with Crippen LogP contribution in [0, 0.1) is 0 Å². The summed E-state index contributed by atoms with van der Waals surface area (Å²) < 4.78 is 5.83. The van der Waals surface area contributed by atoms with Gasteiger partial charge in [-0.15, -0.1) is 0 Å². The first-order chi connectivity index (χ1) is 17.5. The van der Waals surface area contributed by atoms with Crippen LogP contribution >= 0.6 is 23.2 Å². The van der Waals surface area contributed by atoms with Gasteiger partial charge in [0, 0.05) is 61.6 Å². The van der Waals surface area contributed by atoms with Crippen LogP contribution in [0.15, 0.2) is 79.4 Å². The zero-order chi connectivity index (χ0) is 25.1. The van der Waals surface area contributed by atoms with Crippen molar-refractivity contribution in [3.63, 3.8) is 0 Å². The maximum absolute atomic E-state index is 13.0. The Morgan fingerprint density at radius 1 is 0.861 bits per heavy atom. The second-order valence-corrected chi connectivity index (χ2v) is 10.1. The van der Waals surface area contributed by atoms with E-state index in [4.69, 9.17) is 27.9 Å². The molecule has 2 aliphatic rings. The van der Waals surface area contributed by atoms with Crippen LogP contribution in [-0.4, -0.2) is 65.9 Å². The van der Waals surface area contributed by atoms with Gasteiger partial charge in [0.25, 0.3) is 5.91 Å². The zero-order valence-corrected chi connectivity index (χ0v) is 21.6. The van der Waals surface area contributed by atoms with Crippen molar-refractivity contribution in [2.45, 2.75) is 12.6 Å². The molecular weight excluding hydrogens is 493 g/mol. The van der Waals surface area contributed by atoms with Crippen molar-refractivity contribution < 1.29 is 9.53 Å². The highest BCUT2D eigenvalue weighted by molar-refractivity contribution is 6.32. The molecule has 3 aromatic rings. The third-order valence-electron chi connectivity index (χ3n) is 6.93. The van der Waals surface area contributed by atoms with Crippen LogP contribution in [0.4, 0.5) is 0 Å². The SMILES string of the molecule is C=C(c1ccccc1)N1CCN(C2CN(C(=O)c3ccc(OCc4cccc(Cl)c4)c(Cl)c3)C2)CC1. The van der Waals surface area contributed by atoms with Crippen LogP contribution in [-0.2, 0) is 6.61 Å². The minimum Gasteiger partial charge on any atom is -0.487 e. The Morgan fingerprint density at radius 3 is 2.31 bits per heavy atom. The molecule has 7 heteroatoms. The molecule has 0 N–H and O–H groups in total. The number of rotatable bonds is 7. The van der Waals surface area contributed by atoms with E-state index < -0.39 is 0 Å². The van der Waals surface area contributed by atoms with Crippen LogP contribution in [0.25, 0.3) is 5.70 Å². The van der Waals surface area contributed by atoms with Crippen molar-refractivity contribution in [2.24, 2.45) is 0 Å². The molecule has 36 heavy (non-hydrogen) atoms. The molecule has 0 aliphatic carbocycles.